The third-order valence-corrected chi connectivity index (χ3v) is 4.79. The number of carbonyl (C=O) groups excluding carboxylic acids is 1. The predicted molar refractivity (Wildman–Crippen MR) is 102 cm³/mol. The van der Waals surface area contributed by atoms with Gasteiger partial charge in [0, 0.05) is 44.8 Å². The molecule has 2 atom stereocenters. The number of carbonyl (C=O) groups is 1. The zero-order valence-corrected chi connectivity index (χ0v) is 15.9. The Morgan fingerprint density at radius 1 is 1.32 bits per heavy atom. The molecule has 5 nitrogen and oxygen atoms in total. The van der Waals surface area contributed by atoms with Gasteiger partial charge in [-0.15, -0.1) is 12.4 Å². The molecule has 3 rings (SSSR count). The van der Waals surface area contributed by atoms with Gasteiger partial charge in [-0.2, -0.15) is 5.10 Å². The van der Waals surface area contributed by atoms with Crippen molar-refractivity contribution in [3.63, 3.8) is 0 Å². The van der Waals surface area contributed by atoms with Crippen LogP contribution in [0.2, 0.25) is 0 Å². The number of amides is 1. The average molecular weight is 363 g/mol. The van der Waals surface area contributed by atoms with Crippen molar-refractivity contribution in [1.82, 2.24) is 20.0 Å². The minimum Gasteiger partial charge on any atom is -0.336 e. The summed E-state index contributed by atoms with van der Waals surface area (Å²) in [4.78, 5) is 15.2. The molecule has 0 spiro atoms. The van der Waals surface area contributed by atoms with Gasteiger partial charge < -0.3 is 10.2 Å². The molecule has 0 unspecified atom stereocenters. The van der Waals surface area contributed by atoms with Crippen molar-refractivity contribution >= 4 is 18.3 Å². The van der Waals surface area contributed by atoms with Gasteiger partial charge >= 0.3 is 0 Å². The number of halogens is 1. The second-order valence-electron chi connectivity index (χ2n) is 6.86. The number of aryl methyl sites for hydroxylation is 1. The van der Waals surface area contributed by atoms with E-state index in [0.29, 0.717) is 6.54 Å². The normalized spacial score (nSPS) is 19.7. The third-order valence-electron chi connectivity index (χ3n) is 4.79. The Kier molecular flexibility index (Phi) is 6.62. The van der Waals surface area contributed by atoms with E-state index in [1.54, 1.807) is 4.68 Å². The monoisotopic (exact) mass is 362 g/mol. The van der Waals surface area contributed by atoms with Crippen LogP contribution in [-0.2, 0) is 18.4 Å². The van der Waals surface area contributed by atoms with Gasteiger partial charge in [-0.1, -0.05) is 30.3 Å². The van der Waals surface area contributed by atoms with Crippen LogP contribution in [0.15, 0.2) is 42.7 Å². The van der Waals surface area contributed by atoms with E-state index in [0.717, 1.165) is 18.7 Å². The highest BCUT2D eigenvalue weighted by Crippen LogP contribution is 2.30. The molecule has 0 radical (unpaired) electrons. The van der Waals surface area contributed by atoms with Crippen LogP contribution in [0.4, 0.5) is 0 Å². The first-order valence-corrected chi connectivity index (χ1v) is 8.60. The minimum atomic E-state index is -0.0275. The van der Waals surface area contributed by atoms with Gasteiger partial charge in [0.05, 0.1) is 12.1 Å². The summed E-state index contributed by atoms with van der Waals surface area (Å²) in [7, 11) is 1.92. The Bertz CT molecular complexity index is 686. The summed E-state index contributed by atoms with van der Waals surface area (Å²) in [6, 6.07) is 10.4. The number of nitrogens with one attached hydrogen (secondary N) is 1. The Hall–Kier alpha value is -1.85. The highest BCUT2D eigenvalue weighted by atomic mass is 35.5. The molecule has 6 heteroatoms. The number of hydrogen-bond acceptors (Lipinski definition) is 3. The lowest BCUT2D eigenvalue weighted by Crippen LogP contribution is -2.42. The maximum atomic E-state index is 13.2. The van der Waals surface area contributed by atoms with E-state index in [9.17, 15) is 4.79 Å². The average Bonchev–Trinajstić information content (AvgIpc) is 3.21. The summed E-state index contributed by atoms with van der Waals surface area (Å²) in [5.74, 6) is 0.399. The molecule has 25 heavy (non-hydrogen) atoms. The van der Waals surface area contributed by atoms with Crippen LogP contribution in [0.1, 0.15) is 30.9 Å². The molecular formula is C19H27ClN4O. The molecule has 1 aliphatic heterocycles. The Morgan fingerprint density at radius 3 is 2.64 bits per heavy atom. The number of nitrogens with zero attached hydrogens (tertiary/aromatic N) is 3. The summed E-state index contributed by atoms with van der Waals surface area (Å²) >= 11 is 0. The van der Waals surface area contributed by atoms with E-state index in [1.165, 1.54) is 5.56 Å². The van der Waals surface area contributed by atoms with Gasteiger partial charge in [0.15, 0.2) is 0 Å². The van der Waals surface area contributed by atoms with Crippen molar-refractivity contribution in [1.29, 1.82) is 0 Å². The molecule has 1 aromatic heterocycles. The van der Waals surface area contributed by atoms with Crippen molar-refractivity contribution in [3.05, 3.63) is 53.9 Å². The van der Waals surface area contributed by atoms with E-state index in [2.05, 4.69) is 36.4 Å². The number of rotatable bonds is 5. The summed E-state index contributed by atoms with van der Waals surface area (Å²) in [6.45, 7) is 6.40. The summed E-state index contributed by atoms with van der Waals surface area (Å²) in [6.07, 6.45) is 3.91. The largest absolute Gasteiger partial charge is 0.336 e. The topological polar surface area (TPSA) is 50.2 Å². The van der Waals surface area contributed by atoms with Crippen LogP contribution < -0.4 is 5.32 Å². The molecule has 0 saturated carbocycles. The summed E-state index contributed by atoms with van der Waals surface area (Å²) in [5.41, 5.74) is 2.31. The van der Waals surface area contributed by atoms with E-state index in [4.69, 9.17) is 0 Å². The van der Waals surface area contributed by atoms with Crippen LogP contribution in [0.5, 0.6) is 0 Å². The molecule has 1 fully saturated rings. The van der Waals surface area contributed by atoms with E-state index in [-0.39, 0.29) is 36.2 Å². The number of hydrogen-bond donors (Lipinski definition) is 1. The van der Waals surface area contributed by atoms with Crippen molar-refractivity contribution in [2.45, 2.75) is 32.4 Å². The summed E-state index contributed by atoms with van der Waals surface area (Å²) < 4.78 is 1.80. The Balaban J connectivity index is 0.00000225. The Labute approximate surface area is 155 Å². The molecule has 2 heterocycles. The first-order valence-electron chi connectivity index (χ1n) is 8.60. The van der Waals surface area contributed by atoms with Crippen LogP contribution in [0, 0.1) is 5.92 Å². The fourth-order valence-corrected chi connectivity index (χ4v) is 3.43. The highest BCUT2D eigenvalue weighted by Gasteiger charge is 2.37. The highest BCUT2D eigenvalue weighted by molar-refractivity contribution is 5.85. The zero-order chi connectivity index (χ0) is 17.1. The molecule has 1 amide bonds. The SMILES string of the molecule is CC(C)N(Cc1ccccc1)C(=O)[C@H]1CNC[C@@H]1c1cnn(C)c1.Cl. The van der Waals surface area contributed by atoms with Gasteiger partial charge in [-0.05, 0) is 25.0 Å². The quantitative estimate of drug-likeness (QED) is 0.889. The van der Waals surface area contributed by atoms with Gasteiger partial charge in [-0.25, -0.2) is 0 Å². The van der Waals surface area contributed by atoms with Gasteiger partial charge in [0.2, 0.25) is 5.91 Å². The van der Waals surface area contributed by atoms with Gasteiger partial charge in [-0.3, -0.25) is 9.48 Å². The number of benzene rings is 1. The van der Waals surface area contributed by atoms with Gasteiger partial charge in [0.1, 0.15) is 0 Å². The molecule has 0 aliphatic carbocycles. The first-order chi connectivity index (χ1) is 11.6. The standard InChI is InChI=1S/C19H26N4O.ClH/c1-14(2)23(12-15-7-5-4-6-8-15)19(24)18-11-20-10-17(18)16-9-21-22(3)13-16;/h4-9,13-14,17-18,20H,10-12H2,1-3H3;1H/t17-,18+;/m1./s1. The van der Waals surface area contributed by atoms with E-state index >= 15 is 0 Å². The molecule has 1 aliphatic rings. The van der Waals surface area contributed by atoms with Crippen molar-refractivity contribution in [2.75, 3.05) is 13.1 Å². The molecule has 136 valence electrons. The molecule has 0 bridgehead atoms. The first kappa shape index (κ1) is 19.5. The fourth-order valence-electron chi connectivity index (χ4n) is 3.43. The fraction of sp³-hybridized carbons (Fsp3) is 0.474. The van der Waals surface area contributed by atoms with Crippen molar-refractivity contribution in [2.24, 2.45) is 13.0 Å². The van der Waals surface area contributed by atoms with Crippen molar-refractivity contribution in [3.8, 4) is 0 Å². The van der Waals surface area contributed by atoms with Crippen LogP contribution in [0.3, 0.4) is 0 Å². The summed E-state index contributed by atoms with van der Waals surface area (Å²) in [5, 5.41) is 7.65. The number of aromatic nitrogens is 2. The predicted octanol–water partition coefficient (Wildman–Crippen LogP) is 2.58. The van der Waals surface area contributed by atoms with Gasteiger partial charge in [0.25, 0.3) is 0 Å². The van der Waals surface area contributed by atoms with Crippen molar-refractivity contribution < 1.29 is 4.79 Å². The Morgan fingerprint density at radius 2 is 2.04 bits per heavy atom. The molecule has 2 aromatic rings. The molecule has 1 N–H and O–H groups in total. The smallest absolute Gasteiger partial charge is 0.228 e. The lowest BCUT2D eigenvalue weighted by atomic mass is 9.89. The maximum absolute atomic E-state index is 13.2. The van der Waals surface area contributed by atoms with Crippen LogP contribution >= 0.6 is 12.4 Å². The van der Waals surface area contributed by atoms with E-state index < -0.39 is 0 Å². The van der Waals surface area contributed by atoms with Crippen LogP contribution in [-0.4, -0.2) is 39.7 Å². The molecule has 1 aromatic carbocycles. The minimum absolute atomic E-state index is 0. The lowest BCUT2D eigenvalue weighted by Gasteiger charge is -2.31. The maximum Gasteiger partial charge on any atom is 0.228 e. The van der Waals surface area contributed by atoms with Crippen LogP contribution in [0.25, 0.3) is 0 Å². The molecular weight excluding hydrogens is 336 g/mol. The van der Waals surface area contributed by atoms with E-state index in [1.807, 2.05) is 42.5 Å². The third kappa shape index (κ3) is 4.41. The lowest BCUT2D eigenvalue weighted by molar-refractivity contribution is -0.137. The second kappa shape index (κ2) is 8.50. The zero-order valence-electron chi connectivity index (χ0n) is 15.1. The second-order valence-corrected chi connectivity index (χ2v) is 6.86. The molecule has 1 saturated heterocycles.